The molecule has 1 fully saturated rings. The summed E-state index contributed by atoms with van der Waals surface area (Å²) in [5, 5.41) is 12.3. The Morgan fingerprint density at radius 2 is 1.88 bits per heavy atom. The Balaban J connectivity index is 1.42. The van der Waals surface area contributed by atoms with E-state index >= 15 is 0 Å². The SMILES string of the molecule is N#Cc1ccc(CNC[C@@H]2CN(Cc3ccccc3)CCO2)cc1. The number of benzene rings is 2. The number of morpholine rings is 1. The zero-order valence-corrected chi connectivity index (χ0v) is 13.8. The fraction of sp³-hybridized carbons (Fsp3) is 0.350. The summed E-state index contributed by atoms with van der Waals surface area (Å²) in [7, 11) is 0. The standard InChI is InChI=1S/C20H23N3O/c21-12-17-6-8-18(9-7-17)13-22-14-20-16-23(10-11-24-20)15-19-4-2-1-3-5-19/h1-9,20,22H,10-11,13-16H2/t20-/m1/s1. The minimum atomic E-state index is 0.223. The smallest absolute Gasteiger partial charge is 0.0991 e. The highest BCUT2D eigenvalue weighted by atomic mass is 16.5. The number of nitrogens with zero attached hydrogens (tertiary/aromatic N) is 2. The van der Waals surface area contributed by atoms with Crippen molar-refractivity contribution in [3.05, 3.63) is 71.3 Å². The van der Waals surface area contributed by atoms with Crippen molar-refractivity contribution in [3.8, 4) is 6.07 Å². The van der Waals surface area contributed by atoms with E-state index in [2.05, 4.69) is 46.6 Å². The molecule has 0 unspecified atom stereocenters. The molecule has 0 radical (unpaired) electrons. The molecule has 0 amide bonds. The molecule has 1 N–H and O–H groups in total. The first-order chi connectivity index (χ1) is 11.8. The molecule has 4 nitrogen and oxygen atoms in total. The van der Waals surface area contributed by atoms with Gasteiger partial charge in [-0.25, -0.2) is 0 Å². The van der Waals surface area contributed by atoms with E-state index in [4.69, 9.17) is 10.00 Å². The van der Waals surface area contributed by atoms with Crippen LogP contribution in [0.15, 0.2) is 54.6 Å². The Morgan fingerprint density at radius 1 is 1.08 bits per heavy atom. The van der Waals surface area contributed by atoms with Crippen molar-refractivity contribution in [1.82, 2.24) is 10.2 Å². The molecule has 1 saturated heterocycles. The monoisotopic (exact) mass is 321 g/mol. The highest BCUT2D eigenvalue weighted by Crippen LogP contribution is 2.10. The van der Waals surface area contributed by atoms with Crippen molar-refractivity contribution < 1.29 is 4.74 Å². The lowest BCUT2D eigenvalue weighted by Crippen LogP contribution is -2.46. The highest BCUT2D eigenvalue weighted by molar-refractivity contribution is 5.31. The van der Waals surface area contributed by atoms with Gasteiger partial charge in [-0.2, -0.15) is 5.26 Å². The first kappa shape index (κ1) is 16.7. The molecule has 4 heteroatoms. The third-order valence-electron chi connectivity index (χ3n) is 4.26. The van der Waals surface area contributed by atoms with Crippen LogP contribution in [0.2, 0.25) is 0 Å². The Hall–Kier alpha value is -2.19. The Kier molecular flexibility index (Phi) is 5.97. The van der Waals surface area contributed by atoms with Gasteiger partial charge in [0.1, 0.15) is 0 Å². The van der Waals surface area contributed by atoms with Crippen LogP contribution >= 0.6 is 0 Å². The third kappa shape index (κ3) is 4.90. The third-order valence-corrected chi connectivity index (χ3v) is 4.26. The lowest BCUT2D eigenvalue weighted by molar-refractivity contribution is -0.0300. The average Bonchev–Trinajstić information content (AvgIpc) is 2.63. The van der Waals surface area contributed by atoms with Crippen molar-refractivity contribution >= 4 is 0 Å². The molecule has 0 aromatic heterocycles. The van der Waals surface area contributed by atoms with E-state index < -0.39 is 0 Å². The van der Waals surface area contributed by atoms with Crippen LogP contribution < -0.4 is 5.32 Å². The number of ether oxygens (including phenoxy) is 1. The molecule has 1 atom stereocenters. The summed E-state index contributed by atoms with van der Waals surface area (Å²) in [6.45, 7) is 5.35. The van der Waals surface area contributed by atoms with Crippen molar-refractivity contribution in [2.45, 2.75) is 19.2 Å². The van der Waals surface area contributed by atoms with Gasteiger partial charge >= 0.3 is 0 Å². The number of nitriles is 1. The molecule has 0 aliphatic carbocycles. The Labute approximate surface area is 143 Å². The summed E-state index contributed by atoms with van der Waals surface area (Å²) in [6.07, 6.45) is 0.223. The van der Waals surface area contributed by atoms with Crippen LogP contribution in [0.5, 0.6) is 0 Å². The molecule has 1 aliphatic rings. The summed E-state index contributed by atoms with van der Waals surface area (Å²) in [5.41, 5.74) is 3.24. The molecule has 1 heterocycles. The summed E-state index contributed by atoms with van der Waals surface area (Å²) < 4.78 is 5.87. The maximum absolute atomic E-state index is 8.82. The minimum Gasteiger partial charge on any atom is -0.374 e. The fourth-order valence-corrected chi connectivity index (χ4v) is 2.96. The number of rotatable bonds is 6. The lowest BCUT2D eigenvalue weighted by Gasteiger charge is -2.33. The molecular formula is C20H23N3O. The molecule has 1 aliphatic heterocycles. The van der Waals surface area contributed by atoms with Crippen LogP contribution in [-0.2, 0) is 17.8 Å². The maximum Gasteiger partial charge on any atom is 0.0991 e. The molecule has 2 aromatic rings. The Bertz CT molecular complexity index is 664. The van der Waals surface area contributed by atoms with Crippen molar-refractivity contribution in [3.63, 3.8) is 0 Å². The highest BCUT2D eigenvalue weighted by Gasteiger charge is 2.20. The van der Waals surface area contributed by atoms with Gasteiger partial charge in [-0.1, -0.05) is 42.5 Å². The van der Waals surface area contributed by atoms with Crippen LogP contribution in [0, 0.1) is 11.3 Å². The van der Waals surface area contributed by atoms with Crippen LogP contribution in [0.1, 0.15) is 16.7 Å². The second-order valence-electron chi connectivity index (χ2n) is 6.15. The molecule has 0 bridgehead atoms. The normalized spacial score (nSPS) is 18.2. The summed E-state index contributed by atoms with van der Waals surface area (Å²) >= 11 is 0. The second-order valence-corrected chi connectivity index (χ2v) is 6.15. The second kappa shape index (κ2) is 8.60. The van der Waals surface area contributed by atoms with E-state index in [1.807, 2.05) is 24.3 Å². The summed E-state index contributed by atoms with van der Waals surface area (Å²) in [4.78, 5) is 2.45. The van der Waals surface area contributed by atoms with E-state index in [0.717, 1.165) is 39.3 Å². The van der Waals surface area contributed by atoms with E-state index in [9.17, 15) is 0 Å². The van der Waals surface area contributed by atoms with Gasteiger partial charge in [0.15, 0.2) is 0 Å². The largest absolute Gasteiger partial charge is 0.374 e. The van der Waals surface area contributed by atoms with Crippen molar-refractivity contribution in [2.24, 2.45) is 0 Å². The summed E-state index contributed by atoms with van der Waals surface area (Å²) in [6, 6.07) is 20.4. The zero-order valence-electron chi connectivity index (χ0n) is 13.8. The van der Waals surface area contributed by atoms with Gasteiger partial charge in [0.05, 0.1) is 24.3 Å². The number of hydrogen-bond acceptors (Lipinski definition) is 4. The van der Waals surface area contributed by atoms with Gasteiger partial charge < -0.3 is 10.1 Å². The van der Waals surface area contributed by atoms with Crippen LogP contribution in [-0.4, -0.2) is 37.2 Å². The average molecular weight is 321 g/mol. The molecule has 124 valence electrons. The molecular weight excluding hydrogens is 298 g/mol. The van der Waals surface area contributed by atoms with Gasteiger partial charge in [0.25, 0.3) is 0 Å². The van der Waals surface area contributed by atoms with E-state index in [1.165, 1.54) is 11.1 Å². The van der Waals surface area contributed by atoms with Gasteiger partial charge in [-0.3, -0.25) is 4.90 Å². The van der Waals surface area contributed by atoms with Gasteiger partial charge in [-0.05, 0) is 23.3 Å². The molecule has 24 heavy (non-hydrogen) atoms. The van der Waals surface area contributed by atoms with Gasteiger partial charge in [0.2, 0.25) is 0 Å². The first-order valence-electron chi connectivity index (χ1n) is 8.41. The van der Waals surface area contributed by atoms with E-state index in [1.54, 1.807) is 0 Å². The van der Waals surface area contributed by atoms with Crippen molar-refractivity contribution in [2.75, 3.05) is 26.2 Å². The molecule has 0 spiro atoms. The maximum atomic E-state index is 8.82. The van der Waals surface area contributed by atoms with Crippen molar-refractivity contribution in [1.29, 1.82) is 5.26 Å². The predicted molar refractivity (Wildman–Crippen MR) is 94.3 cm³/mol. The zero-order chi connectivity index (χ0) is 16.6. The van der Waals surface area contributed by atoms with Gasteiger partial charge in [-0.15, -0.1) is 0 Å². The molecule has 3 rings (SSSR count). The Morgan fingerprint density at radius 3 is 2.62 bits per heavy atom. The predicted octanol–water partition coefficient (Wildman–Crippen LogP) is 2.55. The van der Waals surface area contributed by atoms with Crippen LogP contribution in [0.25, 0.3) is 0 Å². The summed E-state index contributed by atoms with van der Waals surface area (Å²) in [5.74, 6) is 0. The van der Waals surface area contributed by atoms with E-state index in [-0.39, 0.29) is 6.10 Å². The number of nitrogens with one attached hydrogen (secondary N) is 1. The lowest BCUT2D eigenvalue weighted by atomic mass is 10.1. The van der Waals surface area contributed by atoms with E-state index in [0.29, 0.717) is 5.56 Å². The topological polar surface area (TPSA) is 48.3 Å². The fourth-order valence-electron chi connectivity index (χ4n) is 2.96. The quantitative estimate of drug-likeness (QED) is 0.888. The minimum absolute atomic E-state index is 0.223. The number of hydrogen-bond donors (Lipinski definition) is 1. The van der Waals surface area contributed by atoms with Gasteiger partial charge in [0, 0.05) is 32.7 Å². The molecule has 2 aromatic carbocycles. The molecule has 0 saturated carbocycles. The van der Waals surface area contributed by atoms with Crippen LogP contribution in [0.4, 0.5) is 0 Å². The first-order valence-corrected chi connectivity index (χ1v) is 8.41. The van der Waals surface area contributed by atoms with Crippen LogP contribution in [0.3, 0.4) is 0 Å².